The molecule has 24 heavy (non-hydrogen) atoms. The van der Waals surface area contributed by atoms with Crippen molar-refractivity contribution in [2.24, 2.45) is 0 Å². The van der Waals surface area contributed by atoms with Crippen molar-refractivity contribution in [2.75, 3.05) is 31.6 Å². The predicted molar refractivity (Wildman–Crippen MR) is 94.4 cm³/mol. The molecule has 0 aliphatic carbocycles. The lowest BCUT2D eigenvalue weighted by Gasteiger charge is -2.39. The summed E-state index contributed by atoms with van der Waals surface area (Å²) < 4.78 is 5.21. The number of aryl methyl sites for hydroxylation is 2. The van der Waals surface area contributed by atoms with Gasteiger partial charge in [0.1, 0.15) is 0 Å². The highest BCUT2D eigenvalue weighted by molar-refractivity contribution is 5.33. The third kappa shape index (κ3) is 3.82. The first-order chi connectivity index (χ1) is 11.5. The molecule has 6 heteroatoms. The highest BCUT2D eigenvalue weighted by Crippen LogP contribution is 2.18. The SMILES string of the molecule is COc1cccc(CN2CCN(c3nc(C)cc(C)n3)CC2C)n1. The summed E-state index contributed by atoms with van der Waals surface area (Å²) in [7, 11) is 1.65. The third-order valence-electron chi connectivity index (χ3n) is 4.37. The average molecular weight is 327 g/mol. The second-order valence-electron chi connectivity index (χ2n) is 6.39. The zero-order valence-electron chi connectivity index (χ0n) is 14.9. The summed E-state index contributed by atoms with van der Waals surface area (Å²) in [4.78, 5) is 18.4. The number of hydrogen-bond donors (Lipinski definition) is 0. The molecule has 0 spiro atoms. The van der Waals surface area contributed by atoms with Crippen LogP contribution in [0.1, 0.15) is 24.0 Å². The number of nitrogens with zero attached hydrogens (tertiary/aromatic N) is 5. The van der Waals surface area contributed by atoms with E-state index in [1.807, 2.05) is 32.0 Å². The summed E-state index contributed by atoms with van der Waals surface area (Å²) in [5.74, 6) is 1.51. The maximum atomic E-state index is 5.21. The highest BCUT2D eigenvalue weighted by Gasteiger charge is 2.25. The van der Waals surface area contributed by atoms with E-state index in [4.69, 9.17) is 4.74 Å². The number of rotatable bonds is 4. The van der Waals surface area contributed by atoms with E-state index in [0.717, 1.165) is 49.2 Å². The molecule has 1 fully saturated rings. The van der Waals surface area contributed by atoms with E-state index in [1.165, 1.54) is 0 Å². The van der Waals surface area contributed by atoms with E-state index in [2.05, 4.69) is 37.7 Å². The maximum Gasteiger partial charge on any atom is 0.225 e. The zero-order chi connectivity index (χ0) is 17.1. The van der Waals surface area contributed by atoms with Crippen LogP contribution in [0.25, 0.3) is 0 Å². The van der Waals surface area contributed by atoms with Gasteiger partial charge in [-0.25, -0.2) is 15.0 Å². The largest absolute Gasteiger partial charge is 0.481 e. The van der Waals surface area contributed by atoms with Crippen LogP contribution in [0.4, 0.5) is 5.95 Å². The Labute approximate surface area is 143 Å². The predicted octanol–water partition coefficient (Wildman–Crippen LogP) is 2.21. The molecule has 0 amide bonds. The quantitative estimate of drug-likeness (QED) is 0.858. The van der Waals surface area contributed by atoms with Gasteiger partial charge in [0.2, 0.25) is 11.8 Å². The topological polar surface area (TPSA) is 54.4 Å². The van der Waals surface area contributed by atoms with Crippen LogP contribution >= 0.6 is 0 Å². The second kappa shape index (κ2) is 7.13. The first kappa shape index (κ1) is 16.6. The molecule has 2 aromatic rings. The molecule has 0 aromatic carbocycles. The maximum absolute atomic E-state index is 5.21. The lowest BCUT2D eigenvalue weighted by atomic mass is 10.2. The molecule has 1 aliphatic rings. The van der Waals surface area contributed by atoms with Gasteiger partial charge in [-0.05, 0) is 32.9 Å². The minimum atomic E-state index is 0.413. The summed E-state index contributed by atoms with van der Waals surface area (Å²) in [6.07, 6.45) is 0. The fraction of sp³-hybridized carbons (Fsp3) is 0.500. The van der Waals surface area contributed by atoms with Crippen LogP contribution in [0.15, 0.2) is 24.3 Å². The van der Waals surface area contributed by atoms with Gasteiger partial charge in [-0.1, -0.05) is 6.07 Å². The van der Waals surface area contributed by atoms with Crippen LogP contribution in [-0.2, 0) is 6.54 Å². The number of piperazine rings is 1. The van der Waals surface area contributed by atoms with Gasteiger partial charge >= 0.3 is 0 Å². The van der Waals surface area contributed by atoms with Crippen molar-refractivity contribution in [2.45, 2.75) is 33.4 Å². The minimum Gasteiger partial charge on any atom is -0.481 e. The molecule has 128 valence electrons. The molecule has 1 atom stereocenters. The molecule has 0 saturated carbocycles. The molecule has 0 bridgehead atoms. The molecule has 6 nitrogen and oxygen atoms in total. The summed E-state index contributed by atoms with van der Waals surface area (Å²) in [5.41, 5.74) is 3.08. The van der Waals surface area contributed by atoms with E-state index < -0.39 is 0 Å². The number of hydrogen-bond acceptors (Lipinski definition) is 6. The van der Waals surface area contributed by atoms with Crippen LogP contribution < -0.4 is 9.64 Å². The smallest absolute Gasteiger partial charge is 0.225 e. The van der Waals surface area contributed by atoms with Crippen LogP contribution in [-0.4, -0.2) is 52.6 Å². The summed E-state index contributed by atoms with van der Waals surface area (Å²) in [5, 5.41) is 0. The Hall–Kier alpha value is -2.21. The normalized spacial score (nSPS) is 18.7. The van der Waals surface area contributed by atoms with Crippen LogP contribution in [0.2, 0.25) is 0 Å². The van der Waals surface area contributed by atoms with Gasteiger partial charge in [-0.3, -0.25) is 4.90 Å². The van der Waals surface area contributed by atoms with E-state index in [1.54, 1.807) is 7.11 Å². The van der Waals surface area contributed by atoms with Gasteiger partial charge in [0, 0.05) is 49.7 Å². The fourth-order valence-corrected chi connectivity index (χ4v) is 3.13. The first-order valence-corrected chi connectivity index (χ1v) is 8.36. The molecular weight excluding hydrogens is 302 g/mol. The van der Waals surface area contributed by atoms with Crippen LogP contribution in [0, 0.1) is 13.8 Å². The Kier molecular flexibility index (Phi) is 4.94. The summed E-state index contributed by atoms with van der Waals surface area (Å²) >= 11 is 0. The first-order valence-electron chi connectivity index (χ1n) is 8.36. The van der Waals surface area contributed by atoms with Gasteiger partial charge < -0.3 is 9.64 Å². The zero-order valence-corrected chi connectivity index (χ0v) is 14.9. The molecule has 0 N–H and O–H groups in total. The molecule has 3 heterocycles. The molecule has 2 aromatic heterocycles. The van der Waals surface area contributed by atoms with Gasteiger partial charge in [0.15, 0.2) is 0 Å². The van der Waals surface area contributed by atoms with Gasteiger partial charge in [-0.15, -0.1) is 0 Å². The summed E-state index contributed by atoms with van der Waals surface area (Å²) in [6, 6.07) is 8.34. The lowest BCUT2D eigenvalue weighted by molar-refractivity contribution is 0.177. The van der Waals surface area contributed by atoms with Crippen molar-refractivity contribution in [1.29, 1.82) is 0 Å². The Bertz CT molecular complexity index is 685. The monoisotopic (exact) mass is 327 g/mol. The van der Waals surface area contributed by atoms with E-state index in [9.17, 15) is 0 Å². The number of methoxy groups -OCH3 is 1. The van der Waals surface area contributed by atoms with Crippen molar-refractivity contribution in [1.82, 2.24) is 19.9 Å². The molecule has 1 aliphatic heterocycles. The Balaban J connectivity index is 1.66. The Morgan fingerprint density at radius 3 is 2.54 bits per heavy atom. The summed E-state index contributed by atoms with van der Waals surface area (Å²) in [6.45, 7) is 9.94. The molecule has 3 rings (SSSR count). The van der Waals surface area contributed by atoms with Gasteiger partial charge in [-0.2, -0.15) is 0 Å². The number of ether oxygens (including phenoxy) is 1. The molecular formula is C18H25N5O. The Morgan fingerprint density at radius 2 is 1.88 bits per heavy atom. The number of anilines is 1. The highest BCUT2D eigenvalue weighted by atomic mass is 16.5. The van der Waals surface area contributed by atoms with Crippen molar-refractivity contribution in [3.8, 4) is 5.88 Å². The molecule has 1 saturated heterocycles. The number of pyridine rings is 1. The van der Waals surface area contributed by atoms with Gasteiger partial charge in [0.25, 0.3) is 0 Å². The van der Waals surface area contributed by atoms with Gasteiger partial charge in [0.05, 0.1) is 12.8 Å². The average Bonchev–Trinajstić information content (AvgIpc) is 2.56. The third-order valence-corrected chi connectivity index (χ3v) is 4.37. The van der Waals surface area contributed by atoms with Crippen LogP contribution in [0.3, 0.4) is 0 Å². The van der Waals surface area contributed by atoms with Crippen LogP contribution in [0.5, 0.6) is 5.88 Å². The number of aromatic nitrogens is 3. The standard InChI is InChI=1S/C18H25N5O/c1-13-10-14(2)20-18(19-13)23-9-8-22(15(3)11-23)12-16-6-5-7-17(21-16)24-4/h5-7,10,15H,8-9,11-12H2,1-4H3. The van der Waals surface area contributed by atoms with E-state index in [-0.39, 0.29) is 0 Å². The lowest BCUT2D eigenvalue weighted by Crippen LogP contribution is -2.52. The van der Waals surface area contributed by atoms with Crippen molar-refractivity contribution in [3.05, 3.63) is 41.3 Å². The second-order valence-corrected chi connectivity index (χ2v) is 6.39. The molecule has 0 radical (unpaired) electrons. The van der Waals surface area contributed by atoms with Crippen molar-refractivity contribution in [3.63, 3.8) is 0 Å². The van der Waals surface area contributed by atoms with E-state index >= 15 is 0 Å². The molecule has 1 unspecified atom stereocenters. The fourth-order valence-electron chi connectivity index (χ4n) is 3.13. The van der Waals surface area contributed by atoms with Crippen molar-refractivity contribution < 1.29 is 4.74 Å². The van der Waals surface area contributed by atoms with Crippen molar-refractivity contribution >= 4 is 5.95 Å². The minimum absolute atomic E-state index is 0.413. The van der Waals surface area contributed by atoms with E-state index in [0.29, 0.717) is 11.9 Å². The Morgan fingerprint density at radius 1 is 1.12 bits per heavy atom.